The van der Waals surface area contributed by atoms with Crippen LogP contribution in [0, 0.1) is 10.1 Å². The van der Waals surface area contributed by atoms with Crippen LogP contribution in [0.15, 0.2) is 35.6 Å². The summed E-state index contributed by atoms with van der Waals surface area (Å²) in [6.07, 6.45) is 5.86. The summed E-state index contributed by atoms with van der Waals surface area (Å²) < 4.78 is 0. The monoisotopic (exact) mass is 322 g/mol. The Labute approximate surface area is 171 Å². The van der Waals surface area contributed by atoms with Gasteiger partial charge in [0.15, 0.2) is 0 Å². The third-order valence-corrected chi connectivity index (χ3v) is 1.74. The van der Waals surface area contributed by atoms with Gasteiger partial charge in [-0.05, 0) is 13.8 Å². The number of rotatable bonds is 5. The van der Waals surface area contributed by atoms with Gasteiger partial charge in [0.25, 0.3) is 5.70 Å². The average molecular weight is 322 g/mol. The summed E-state index contributed by atoms with van der Waals surface area (Å²) in [4.78, 5) is 21.7. The van der Waals surface area contributed by atoms with E-state index < -0.39 is 10.8 Å². The molecule has 0 radical (unpaired) electrons. The molecule has 0 saturated carbocycles. The zero-order valence-corrected chi connectivity index (χ0v) is 17.8. The second kappa shape index (κ2) is 22.0. The first-order chi connectivity index (χ1) is 9.58. The van der Waals surface area contributed by atoms with Crippen LogP contribution in [0.25, 0.3) is 5.32 Å². The summed E-state index contributed by atoms with van der Waals surface area (Å²) in [6, 6.07) is 0. The van der Waals surface area contributed by atoms with Crippen molar-refractivity contribution in [2.45, 2.75) is 48.5 Å². The van der Waals surface area contributed by atoms with Gasteiger partial charge in [0.1, 0.15) is 0 Å². The Hall–Kier alpha value is -0.274. The maximum atomic E-state index is 11.5. The number of likely N-dealkylation sites (N-methyl/N-ethyl adjacent to an activating group) is 1. The van der Waals surface area contributed by atoms with Gasteiger partial charge < -0.3 is 10.1 Å². The molecule has 0 heterocycles. The fraction of sp³-hybridized carbons (Fsp3) is 0.533. The van der Waals surface area contributed by atoms with E-state index in [1.807, 2.05) is 27.7 Å². The number of carbonyl (C=O) groups excluding carboxylic acids is 1. The summed E-state index contributed by atoms with van der Waals surface area (Å²) in [5.41, 5.74) is -0.215. The number of nitro groups is 1. The van der Waals surface area contributed by atoms with Crippen molar-refractivity contribution in [3.05, 3.63) is 51.0 Å². The average Bonchev–Trinajstić information content (AvgIpc) is 2.47. The maximum Gasteiger partial charge on any atom is 1.00 e. The van der Waals surface area contributed by atoms with Crippen LogP contribution in [0.2, 0.25) is 0 Å². The Bertz CT molecular complexity index is 362. The Morgan fingerprint density at radius 1 is 1.19 bits per heavy atom. The number of hydrogen-bond acceptors (Lipinski definition) is 3. The van der Waals surface area contributed by atoms with Crippen LogP contribution >= 0.6 is 0 Å². The normalized spacial score (nSPS) is 10.4. The van der Waals surface area contributed by atoms with E-state index in [0.29, 0.717) is 6.54 Å². The molecule has 0 aliphatic rings. The third-order valence-electron chi connectivity index (χ3n) is 1.74. The number of allylic oxidation sites excluding steroid dienone is 4. The molecule has 21 heavy (non-hydrogen) atoms. The van der Waals surface area contributed by atoms with Gasteiger partial charge in [-0.2, -0.15) is 0 Å². The summed E-state index contributed by atoms with van der Waals surface area (Å²) in [5, 5.41) is 14.4. The molecule has 0 fully saturated rings. The maximum absolute atomic E-state index is 11.5. The van der Waals surface area contributed by atoms with Crippen LogP contribution in [-0.4, -0.2) is 17.4 Å². The van der Waals surface area contributed by atoms with E-state index in [9.17, 15) is 14.9 Å². The minimum atomic E-state index is -0.585. The van der Waals surface area contributed by atoms with E-state index in [1.165, 1.54) is 18.2 Å². The summed E-state index contributed by atoms with van der Waals surface area (Å²) in [7, 11) is 0. The molecule has 6 heteroatoms. The zero-order chi connectivity index (χ0) is 16.6. The van der Waals surface area contributed by atoms with E-state index in [4.69, 9.17) is 0 Å². The Morgan fingerprint density at radius 3 is 1.95 bits per heavy atom. The summed E-state index contributed by atoms with van der Waals surface area (Å²) in [5.74, 6) is -0.558. The molecular formula is C15H27KN2O3. The number of carbonyl (C=O) groups is 1. The number of amides is 1. The molecule has 0 rings (SSSR count). The topological polar surface area (TPSA) is 74.3 Å². The van der Waals surface area contributed by atoms with Crippen LogP contribution in [-0.2, 0) is 4.79 Å². The van der Waals surface area contributed by atoms with E-state index in [1.54, 1.807) is 26.8 Å². The van der Waals surface area contributed by atoms with Gasteiger partial charge in [0.2, 0.25) is 0 Å². The minimum Gasteiger partial charge on any atom is -0.649 e. The van der Waals surface area contributed by atoms with Crippen molar-refractivity contribution in [2.75, 3.05) is 6.54 Å². The van der Waals surface area contributed by atoms with Crippen molar-refractivity contribution in [3.63, 3.8) is 0 Å². The van der Waals surface area contributed by atoms with Gasteiger partial charge in [-0.3, -0.25) is 10.1 Å². The van der Waals surface area contributed by atoms with Crippen molar-refractivity contribution >= 4 is 5.91 Å². The van der Waals surface area contributed by atoms with Gasteiger partial charge in [-0.15, -0.1) is 6.54 Å². The fourth-order valence-corrected chi connectivity index (χ4v) is 1.05. The fourth-order valence-electron chi connectivity index (χ4n) is 1.05. The molecule has 0 aromatic carbocycles. The number of nitrogens with zero attached hydrogens (tertiary/aromatic N) is 2. The number of hydrogen-bond donors (Lipinski definition) is 0. The van der Waals surface area contributed by atoms with Crippen molar-refractivity contribution in [1.29, 1.82) is 0 Å². The molecule has 5 nitrogen and oxygen atoms in total. The SMILES string of the molecule is CC.CC.C\C=C/C=C(\C(=C/C)C(=O)[N-]CC)[N+](=O)[O-].[K+]. The molecule has 116 valence electrons. The second-order valence-electron chi connectivity index (χ2n) is 2.82. The van der Waals surface area contributed by atoms with Crippen LogP contribution in [0.3, 0.4) is 0 Å². The molecule has 0 aliphatic carbocycles. The first kappa shape index (κ1) is 28.8. The molecule has 0 aromatic heterocycles. The van der Waals surface area contributed by atoms with Crippen LogP contribution in [0.1, 0.15) is 48.5 Å². The van der Waals surface area contributed by atoms with Crippen LogP contribution < -0.4 is 51.4 Å². The van der Waals surface area contributed by atoms with Crippen molar-refractivity contribution in [3.8, 4) is 0 Å². The molecule has 0 bridgehead atoms. The largest absolute Gasteiger partial charge is 1.00 e. The minimum absolute atomic E-state index is 0. The predicted octanol–water partition coefficient (Wildman–Crippen LogP) is 1.65. The molecule has 0 atom stereocenters. The van der Waals surface area contributed by atoms with Gasteiger partial charge >= 0.3 is 51.4 Å². The van der Waals surface area contributed by atoms with Crippen LogP contribution in [0.4, 0.5) is 0 Å². The quantitative estimate of drug-likeness (QED) is 0.254. The molecule has 0 spiro atoms. The van der Waals surface area contributed by atoms with E-state index in [-0.39, 0.29) is 62.7 Å². The molecular weight excluding hydrogens is 295 g/mol. The van der Waals surface area contributed by atoms with Gasteiger partial charge in [0.05, 0.1) is 16.4 Å². The van der Waals surface area contributed by atoms with Crippen molar-refractivity contribution < 1.29 is 61.1 Å². The van der Waals surface area contributed by atoms with Crippen molar-refractivity contribution in [1.82, 2.24) is 0 Å². The van der Waals surface area contributed by atoms with E-state index in [0.717, 1.165) is 0 Å². The van der Waals surface area contributed by atoms with Crippen LogP contribution in [0.5, 0.6) is 0 Å². The van der Waals surface area contributed by atoms with E-state index in [2.05, 4.69) is 5.32 Å². The molecule has 0 aliphatic heterocycles. The molecule has 0 saturated heterocycles. The standard InChI is InChI=1S/C11H16N2O3.2C2H6.K/c1-4-7-8-10(13(15)16)9(5-2)11(14)12-6-3;2*1-2;/h4-5,7-8H,6H2,1-3H3,(H,12,14);2*1-2H3;/q;;;+1/p-1/b7-4-,9-5+,10-8+;;;. The Kier molecular flexibility index (Phi) is 30.2. The molecule has 1 amide bonds. The summed E-state index contributed by atoms with van der Waals surface area (Å²) in [6.45, 7) is 13.3. The summed E-state index contributed by atoms with van der Waals surface area (Å²) >= 11 is 0. The van der Waals surface area contributed by atoms with Gasteiger partial charge in [-0.25, -0.2) is 0 Å². The molecule has 0 unspecified atom stereocenters. The molecule has 0 N–H and O–H groups in total. The van der Waals surface area contributed by atoms with Gasteiger partial charge in [0, 0.05) is 6.08 Å². The smallest absolute Gasteiger partial charge is 0.649 e. The van der Waals surface area contributed by atoms with E-state index >= 15 is 0 Å². The first-order valence-electron chi connectivity index (χ1n) is 6.94. The third kappa shape index (κ3) is 14.4. The van der Waals surface area contributed by atoms with Gasteiger partial charge in [-0.1, -0.05) is 52.8 Å². The Balaban J connectivity index is -0.000000264. The predicted molar refractivity (Wildman–Crippen MR) is 85.3 cm³/mol. The second-order valence-corrected chi connectivity index (χ2v) is 2.82. The first-order valence-corrected chi connectivity index (χ1v) is 6.94. The zero-order valence-electron chi connectivity index (χ0n) is 14.6. The Morgan fingerprint density at radius 2 is 1.67 bits per heavy atom. The van der Waals surface area contributed by atoms with Crippen molar-refractivity contribution in [2.24, 2.45) is 0 Å². The molecule has 0 aromatic rings.